The van der Waals surface area contributed by atoms with Gasteiger partial charge in [0.15, 0.2) is 0 Å². The van der Waals surface area contributed by atoms with Gasteiger partial charge in [-0.15, -0.1) is 0 Å². The standard InChI is InChI=1S/C32H27O8PS2/c1-35-23-13-5-9-19-17-27(21-11-7-15-25(37-3)31(21)42-29(19)23)39-41(33,34)40-28-18-20-10-6-14-24(36-2)30(20)43-32-22(28)12-8-16-26(32)38-4/h5-18H,1-4H3,(H,33,34)/p-1. The summed E-state index contributed by atoms with van der Waals surface area (Å²) in [4.78, 5) is 16.7. The van der Waals surface area contributed by atoms with Gasteiger partial charge in [0.05, 0.1) is 48.0 Å². The highest BCUT2D eigenvalue weighted by Gasteiger charge is 2.29. The monoisotopic (exact) mass is 633 g/mol. The molecule has 2 aliphatic heterocycles. The van der Waals surface area contributed by atoms with Gasteiger partial charge in [0.1, 0.15) is 34.5 Å². The zero-order valence-corrected chi connectivity index (χ0v) is 26.1. The van der Waals surface area contributed by atoms with Crippen molar-refractivity contribution < 1.29 is 37.5 Å². The largest absolute Gasteiger partial charge is 0.736 e. The van der Waals surface area contributed by atoms with E-state index in [0.717, 1.165) is 20.9 Å². The van der Waals surface area contributed by atoms with E-state index in [0.29, 0.717) is 43.9 Å². The zero-order chi connectivity index (χ0) is 30.1. The van der Waals surface area contributed by atoms with E-state index in [9.17, 15) is 9.46 Å². The van der Waals surface area contributed by atoms with Crippen LogP contribution in [0, 0.1) is 0 Å². The Balaban J connectivity index is 1.45. The molecule has 0 radical (unpaired) electrons. The molecule has 0 aromatic heterocycles. The van der Waals surface area contributed by atoms with Crippen LogP contribution in [-0.2, 0) is 13.6 Å². The molecule has 0 N–H and O–H groups in total. The van der Waals surface area contributed by atoms with Crippen molar-refractivity contribution in [3.05, 3.63) is 95.1 Å². The summed E-state index contributed by atoms with van der Waals surface area (Å²) in [5.41, 5.74) is 2.51. The first-order chi connectivity index (χ1) is 20.9. The lowest BCUT2D eigenvalue weighted by atomic mass is 10.1. The van der Waals surface area contributed by atoms with Crippen molar-refractivity contribution in [1.82, 2.24) is 0 Å². The van der Waals surface area contributed by atoms with Gasteiger partial charge in [-0.1, -0.05) is 59.9 Å². The van der Waals surface area contributed by atoms with E-state index in [1.165, 1.54) is 23.5 Å². The second kappa shape index (κ2) is 12.0. The predicted molar refractivity (Wildman–Crippen MR) is 166 cm³/mol. The van der Waals surface area contributed by atoms with Crippen LogP contribution in [0.1, 0.15) is 22.3 Å². The van der Waals surface area contributed by atoms with Gasteiger partial charge in [0.25, 0.3) is 0 Å². The first kappa shape index (κ1) is 29.1. The number of hydrogen-bond donors (Lipinski definition) is 0. The Morgan fingerprint density at radius 2 is 0.884 bits per heavy atom. The van der Waals surface area contributed by atoms with Crippen LogP contribution in [0.4, 0.5) is 0 Å². The molecule has 0 atom stereocenters. The molecule has 0 saturated heterocycles. The molecule has 0 aliphatic carbocycles. The number of phosphoric ester groups is 1. The number of methoxy groups -OCH3 is 4. The fraction of sp³-hybridized carbons (Fsp3) is 0.125. The van der Waals surface area contributed by atoms with E-state index < -0.39 is 7.82 Å². The zero-order valence-electron chi connectivity index (χ0n) is 23.6. The van der Waals surface area contributed by atoms with Crippen molar-refractivity contribution in [2.24, 2.45) is 0 Å². The summed E-state index contributed by atoms with van der Waals surface area (Å²) in [6, 6.07) is 21.8. The highest BCUT2D eigenvalue weighted by molar-refractivity contribution is 8.00. The number of fused-ring (bicyclic) bond motifs is 4. The number of ether oxygens (including phenoxy) is 4. The lowest BCUT2D eigenvalue weighted by Crippen LogP contribution is -2.08. The van der Waals surface area contributed by atoms with Crippen LogP contribution in [0.3, 0.4) is 0 Å². The third kappa shape index (κ3) is 5.59. The van der Waals surface area contributed by atoms with E-state index in [2.05, 4.69) is 0 Å². The quantitative estimate of drug-likeness (QED) is 0.179. The van der Waals surface area contributed by atoms with Gasteiger partial charge in [-0.2, -0.15) is 0 Å². The summed E-state index contributed by atoms with van der Waals surface area (Å²) in [6.45, 7) is 0. The second-order valence-corrected chi connectivity index (χ2v) is 12.6. The Morgan fingerprint density at radius 1 is 0.535 bits per heavy atom. The molecule has 8 nitrogen and oxygen atoms in total. The van der Waals surface area contributed by atoms with Crippen LogP contribution in [0.15, 0.2) is 92.4 Å². The van der Waals surface area contributed by atoms with E-state index in [4.69, 9.17) is 28.0 Å². The minimum atomic E-state index is -5.04. The Hall–Kier alpha value is -3.95. The van der Waals surface area contributed by atoms with Crippen molar-refractivity contribution in [1.29, 1.82) is 0 Å². The van der Waals surface area contributed by atoms with Crippen LogP contribution in [-0.4, -0.2) is 28.4 Å². The van der Waals surface area contributed by atoms with Gasteiger partial charge in [-0.05, 0) is 59.7 Å². The smallest absolute Gasteiger partial charge is 0.372 e. The highest BCUT2D eigenvalue weighted by atomic mass is 32.2. The molecular weight excluding hydrogens is 607 g/mol. The molecule has 0 fully saturated rings. The van der Waals surface area contributed by atoms with Crippen LogP contribution < -0.4 is 23.8 Å². The van der Waals surface area contributed by atoms with Crippen molar-refractivity contribution in [2.75, 3.05) is 28.4 Å². The minimum absolute atomic E-state index is 0.0864. The average molecular weight is 634 g/mol. The molecule has 2 heterocycles. The van der Waals surface area contributed by atoms with Gasteiger partial charge in [-0.25, -0.2) is 4.57 Å². The molecular formula is C32H26O8PS2-. The number of hydrogen-bond acceptors (Lipinski definition) is 10. The van der Waals surface area contributed by atoms with E-state index >= 15 is 0 Å². The molecule has 0 spiro atoms. The number of rotatable bonds is 8. The molecule has 0 bridgehead atoms. The summed E-state index contributed by atoms with van der Waals surface area (Å²) in [5, 5.41) is 0. The molecule has 4 aromatic carbocycles. The number of phosphoric acid groups is 1. The molecule has 0 unspecified atom stereocenters. The second-order valence-electron chi connectivity index (χ2n) is 9.28. The molecule has 2 aliphatic rings. The van der Waals surface area contributed by atoms with Crippen molar-refractivity contribution in [3.8, 4) is 23.0 Å². The fourth-order valence-corrected chi connectivity index (χ4v) is 8.12. The SMILES string of the molecule is COc1cccc2c1Sc1c(OC)cccc1C(OP(=O)([O-])OC1=Cc3cccc(OC)c3Sc3c(OC)cccc31)=C2. The minimum Gasteiger partial charge on any atom is -0.736 e. The Labute approximate surface area is 257 Å². The maximum atomic E-state index is 13.8. The van der Waals surface area contributed by atoms with Crippen molar-refractivity contribution in [2.45, 2.75) is 19.6 Å². The lowest BCUT2D eigenvalue weighted by molar-refractivity contribution is -0.213. The van der Waals surface area contributed by atoms with Crippen LogP contribution in [0.5, 0.6) is 23.0 Å². The van der Waals surface area contributed by atoms with Gasteiger partial charge in [0, 0.05) is 11.1 Å². The fourth-order valence-electron chi connectivity index (χ4n) is 4.84. The summed E-state index contributed by atoms with van der Waals surface area (Å²) in [5.74, 6) is 2.57. The lowest BCUT2D eigenvalue weighted by Gasteiger charge is -2.27. The third-order valence-corrected chi connectivity index (χ3v) is 10.2. The Morgan fingerprint density at radius 3 is 1.26 bits per heavy atom. The molecule has 220 valence electrons. The summed E-state index contributed by atoms with van der Waals surface area (Å²) >= 11 is 2.82. The van der Waals surface area contributed by atoms with Crippen molar-refractivity contribution in [3.63, 3.8) is 0 Å². The van der Waals surface area contributed by atoms with Gasteiger partial charge < -0.3 is 32.9 Å². The topological polar surface area (TPSA) is 95.5 Å². The van der Waals surface area contributed by atoms with Crippen LogP contribution >= 0.6 is 31.3 Å². The summed E-state index contributed by atoms with van der Waals surface area (Å²) < 4.78 is 47.8. The Bertz CT molecular complexity index is 1710. The van der Waals surface area contributed by atoms with Gasteiger partial charge in [0.2, 0.25) is 0 Å². The van der Waals surface area contributed by atoms with E-state index in [-0.39, 0.29) is 11.5 Å². The van der Waals surface area contributed by atoms with Gasteiger partial charge >= 0.3 is 7.82 Å². The maximum absolute atomic E-state index is 13.8. The Kier molecular flexibility index (Phi) is 8.11. The normalized spacial score (nSPS) is 13.4. The van der Waals surface area contributed by atoms with Gasteiger partial charge in [-0.3, -0.25) is 0 Å². The molecule has 6 rings (SSSR count). The molecule has 11 heteroatoms. The van der Waals surface area contributed by atoms with Crippen LogP contribution in [0.25, 0.3) is 23.7 Å². The first-order valence-electron chi connectivity index (χ1n) is 13.0. The first-order valence-corrected chi connectivity index (χ1v) is 16.1. The predicted octanol–water partition coefficient (Wildman–Crippen LogP) is 7.85. The number of benzene rings is 4. The molecule has 43 heavy (non-hydrogen) atoms. The highest BCUT2D eigenvalue weighted by Crippen LogP contribution is 2.56. The molecule has 0 saturated carbocycles. The summed E-state index contributed by atoms with van der Waals surface area (Å²) in [7, 11) is 1.26. The van der Waals surface area contributed by atoms with Crippen LogP contribution in [0.2, 0.25) is 0 Å². The van der Waals surface area contributed by atoms with Crippen molar-refractivity contribution >= 4 is 55.0 Å². The third-order valence-electron chi connectivity index (χ3n) is 6.79. The molecule has 0 amide bonds. The summed E-state index contributed by atoms with van der Waals surface area (Å²) in [6.07, 6.45) is 3.33. The maximum Gasteiger partial charge on any atom is 0.372 e. The average Bonchev–Trinajstić information content (AvgIpc) is 3.27. The van der Waals surface area contributed by atoms with E-state index in [1.54, 1.807) is 77.0 Å². The van der Waals surface area contributed by atoms with E-state index in [1.807, 2.05) is 36.4 Å². The molecule has 4 aromatic rings.